The Balaban J connectivity index is 2.34. The second-order valence-electron chi connectivity index (χ2n) is 3.18. The second kappa shape index (κ2) is 3.93. The molecule has 0 fully saturated rings. The van der Waals surface area contributed by atoms with Crippen molar-refractivity contribution in [1.82, 2.24) is 14.8 Å². The third-order valence-corrected chi connectivity index (χ3v) is 2.89. The monoisotopic (exact) mass is 238 g/mol. The van der Waals surface area contributed by atoms with E-state index < -0.39 is 5.97 Å². The summed E-state index contributed by atoms with van der Waals surface area (Å²) in [6.07, 6.45) is 1.64. The van der Waals surface area contributed by atoms with E-state index in [0.29, 0.717) is 10.0 Å². The fourth-order valence-corrected chi connectivity index (χ4v) is 2.09. The number of hydrogen-bond donors (Lipinski definition) is 2. The summed E-state index contributed by atoms with van der Waals surface area (Å²) in [6, 6.07) is 1.76. The first kappa shape index (κ1) is 10.6. The Morgan fingerprint density at radius 1 is 1.62 bits per heavy atom. The van der Waals surface area contributed by atoms with Crippen LogP contribution >= 0.6 is 11.3 Å². The first-order valence-corrected chi connectivity index (χ1v) is 5.35. The number of carbonyl (C=O) groups is 1. The minimum atomic E-state index is -1.03. The fourth-order valence-electron chi connectivity index (χ4n) is 1.27. The van der Waals surface area contributed by atoms with E-state index in [1.807, 2.05) is 0 Å². The number of thiazole rings is 1. The van der Waals surface area contributed by atoms with Gasteiger partial charge in [-0.3, -0.25) is 4.68 Å². The van der Waals surface area contributed by atoms with Gasteiger partial charge in [-0.25, -0.2) is 9.78 Å². The SMILES string of the molecule is Cc1nc(C(=O)O)c(Nc2ccnn2C)s1. The van der Waals surface area contributed by atoms with Crippen LogP contribution in [0.3, 0.4) is 0 Å². The lowest BCUT2D eigenvalue weighted by Crippen LogP contribution is -2.03. The van der Waals surface area contributed by atoms with Gasteiger partial charge in [0, 0.05) is 13.1 Å². The predicted molar refractivity (Wildman–Crippen MR) is 60.3 cm³/mol. The molecule has 0 amide bonds. The van der Waals surface area contributed by atoms with E-state index in [4.69, 9.17) is 5.11 Å². The molecule has 0 unspecified atom stereocenters. The van der Waals surface area contributed by atoms with Gasteiger partial charge in [-0.2, -0.15) is 5.10 Å². The van der Waals surface area contributed by atoms with Gasteiger partial charge < -0.3 is 10.4 Å². The van der Waals surface area contributed by atoms with E-state index in [1.54, 1.807) is 30.9 Å². The zero-order valence-electron chi connectivity index (χ0n) is 8.76. The minimum Gasteiger partial charge on any atom is -0.476 e. The number of anilines is 2. The van der Waals surface area contributed by atoms with E-state index in [0.717, 1.165) is 5.82 Å². The molecule has 0 saturated heterocycles. The highest BCUT2D eigenvalue weighted by Gasteiger charge is 2.16. The van der Waals surface area contributed by atoms with Gasteiger partial charge in [-0.05, 0) is 6.92 Å². The van der Waals surface area contributed by atoms with Gasteiger partial charge >= 0.3 is 5.97 Å². The van der Waals surface area contributed by atoms with Gasteiger partial charge in [-0.15, -0.1) is 11.3 Å². The van der Waals surface area contributed by atoms with Gasteiger partial charge in [0.15, 0.2) is 5.69 Å². The molecule has 0 spiro atoms. The molecule has 0 bridgehead atoms. The van der Waals surface area contributed by atoms with E-state index in [1.165, 1.54) is 11.3 Å². The summed E-state index contributed by atoms with van der Waals surface area (Å²) < 4.78 is 1.63. The van der Waals surface area contributed by atoms with E-state index in [2.05, 4.69) is 15.4 Å². The molecule has 2 aromatic heterocycles. The van der Waals surface area contributed by atoms with Crippen LogP contribution in [0.15, 0.2) is 12.3 Å². The quantitative estimate of drug-likeness (QED) is 0.849. The first-order chi connectivity index (χ1) is 7.58. The zero-order valence-corrected chi connectivity index (χ0v) is 9.58. The molecule has 0 aliphatic rings. The van der Waals surface area contributed by atoms with Crippen LogP contribution in [0.1, 0.15) is 15.5 Å². The van der Waals surface area contributed by atoms with Crippen LogP contribution in [-0.4, -0.2) is 25.8 Å². The Morgan fingerprint density at radius 3 is 2.94 bits per heavy atom. The molecule has 2 heterocycles. The second-order valence-corrected chi connectivity index (χ2v) is 4.38. The van der Waals surface area contributed by atoms with E-state index >= 15 is 0 Å². The fraction of sp³-hybridized carbons (Fsp3) is 0.222. The van der Waals surface area contributed by atoms with Crippen molar-refractivity contribution >= 4 is 28.1 Å². The molecule has 0 saturated carbocycles. The molecular formula is C9H10N4O2S. The number of aryl methyl sites for hydroxylation is 2. The van der Waals surface area contributed by atoms with Crippen molar-refractivity contribution in [3.05, 3.63) is 23.0 Å². The molecule has 16 heavy (non-hydrogen) atoms. The Hall–Kier alpha value is -1.89. The Labute approximate surface area is 95.6 Å². The first-order valence-electron chi connectivity index (χ1n) is 4.53. The summed E-state index contributed by atoms with van der Waals surface area (Å²) in [4.78, 5) is 14.9. The molecule has 84 valence electrons. The Morgan fingerprint density at radius 2 is 2.38 bits per heavy atom. The van der Waals surface area contributed by atoms with Crippen LogP contribution in [0.25, 0.3) is 0 Å². The van der Waals surface area contributed by atoms with Gasteiger partial charge in [0.1, 0.15) is 10.8 Å². The lowest BCUT2D eigenvalue weighted by Gasteiger charge is -2.03. The number of carboxylic acid groups (broad SMARTS) is 1. The van der Waals surface area contributed by atoms with Gasteiger partial charge in [-0.1, -0.05) is 0 Å². The average Bonchev–Trinajstić information content (AvgIpc) is 2.75. The van der Waals surface area contributed by atoms with Crippen LogP contribution in [0.5, 0.6) is 0 Å². The maximum absolute atomic E-state index is 10.9. The highest BCUT2D eigenvalue weighted by atomic mass is 32.1. The molecule has 0 atom stereocenters. The largest absolute Gasteiger partial charge is 0.476 e. The summed E-state index contributed by atoms with van der Waals surface area (Å²) in [5, 5.41) is 17.2. The van der Waals surface area contributed by atoms with Gasteiger partial charge in [0.2, 0.25) is 0 Å². The molecule has 2 N–H and O–H groups in total. The topological polar surface area (TPSA) is 80.0 Å². The van der Waals surface area contributed by atoms with Crippen molar-refractivity contribution in [2.75, 3.05) is 5.32 Å². The summed E-state index contributed by atoms with van der Waals surface area (Å²) in [5.41, 5.74) is 0.0451. The molecule has 0 aliphatic heterocycles. The lowest BCUT2D eigenvalue weighted by atomic mass is 10.4. The average molecular weight is 238 g/mol. The number of carboxylic acids is 1. The number of aromatic carboxylic acids is 1. The van der Waals surface area contributed by atoms with E-state index in [9.17, 15) is 4.79 Å². The van der Waals surface area contributed by atoms with Crippen LogP contribution in [0.4, 0.5) is 10.8 Å². The van der Waals surface area contributed by atoms with Crippen molar-refractivity contribution in [2.45, 2.75) is 6.92 Å². The minimum absolute atomic E-state index is 0.0451. The molecule has 2 aromatic rings. The van der Waals surface area contributed by atoms with Crippen molar-refractivity contribution in [2.24, 2.45) is 7.05 Å². The summed E-state index contributed by atoms with van der Waals surface area (Å²) in [7, 11) is 1.77. The Bertz CT molecular complexity index is 531. The summed E-state index contributed by atoms with van der Waals surface area (Å²) in [5.74, 6) is -0.305. The molecule has 0 aliphatic carbocycles. The van der Waals surface area contributed by atoms with Gasteiger partial charge in [0.25, 0.3) is 0 Å². The number of nitrogens with one attached hydrogen (secondary N) is 1. The summed E-state index contributed by atoms with van der Waals surface area (Å²) in [6.45, 7) is 1.77. The molecule has 2 rings (SSSR count). The third-order valence-electron chi connectivity index (χ3n) is 2.00. The van der Waals surface area contributed by atoms with Crippen LogP contribution in [0, 0.1) is 6.92 Å². The van der Waals surface area contributed by atoms with Crippen molar-refractivity contribution in [3.8, 4) is 0 Å². The smallest absolute Gasteiger partial charge is 0.357 e. The normalized spacial score (nSPS) is 10.4. The summed E-state index contributed by atoms with van der Waals surface area (Å²) >= 11 is 1.31. The molecule has 0 radical (unpaired) electrons. The lowest BCUT2D eigenvalue weighted by molar-refractivity contribution is 0.0692. The number of hydrogen-bond acceptors (Lipinski definition) is 5. The predicted octanol–water partition coefficient (Wildman–Crippen LogP) is 1.63. The van der Waals surface area contributed by atoms with Crippen molar-refractivity contribution in [1.29, 1.82) is 0 Å². The third kappa shape index (κ3) is 1.89. The molecule has 0 aromatic carbocycles. The number of rotatable bonds is 3. The highest BCUT2D eigenvalue weighted by molar-refractivity contribution is 7.16. The maximum Gasteiger partial charge on any atom is 0.357 e. The molecule has 7 heteroatoms. The van der Waals surface area contributed by atoms with Crippen molar-refractivity contribution < 1.29 is 9.90 Å². The van der Waals surface area contributed by atoms with Gasteiger partial charge in [0.05, 0.1) is 11.2 Å². The number of aromatic nitrogens is 3. The standard InChI is InChI=1S/C9H10N4O2S/c1-5-11-7(9(14)15)8(16-5)12-6-3-4-10-13(6)2/h3-4,12H,1-2H3,(H,14,15). The van der Waals surface area contributed by atoms with Crippen LogP contribution in [0.2, 0.25) is 0 Å². The van der Waals surface area contributed by atoms with Crippen LogP contribution in [-0.2, 0) is 7.05 Å². The van der Waals surface area contributed by atoms with E-state index in [-0.39, 0.29) is 5.69 Å². The van der Waals surface area contributed by atoms with Crippen LogP contribution < -0.4 is 5.32 Å². The number of nitrogens with zero attached hydrogens (tertiary/aromatic N) is 3. The molecule has 6 nitrogen and oxygen atoms in total. The Kier molecular flexibility index (Phi) is 2.61. The molecular weight excluding hydrogens is 228 g/mol. The zero-order chi connectivity index (χ0) is 11.7. The maximum atomic E-state index is 10.9. The van der Waals surface area contributed by atoms with Crippen molar-refractivity contribution in [3.63, 3.8) is 0 Å². The highest BCUT2D eigenvalue weighted by Crippen LogP contribution is 2.27.